The van der Waals surface area contributed by atoms with E-state index in [1.807, 2.05) is 0 Å². The van der Waals surface area contributed by atoms with Crippen molar-refractivity contribution in [2.75, 3.05) is 0 Å². The largest absolute Gasteiger partial charge is 0 e. The molecule has 0 N–H and O–H groups in total. The zero-order chi connectivity index (χ0) is 0. The standard InChI is InChI=1S/Al.Cu.Mg.Sc.H4Si.Sr.Zr.7H/h;;;;1H4;;;;;;;;;. The third-order valence-corrected chi connectivity index (χ3v) is 0. The molecule has 0 rings (SSSR count). The fraction of sp³-hybridized carbons (Fsp3) is 0. The summed E-state index contributed by atoms with van der Waals surface area (Å²) in [5.74, 6) is 0. The first-order chi connectivity index (χ1) is 0. The van der Waals surface area contributed by atoms with Crippen LogP contribution in [0.4, 0.5) is 0 Å². The average Bonchev–Trinajstić information content (AvgIpc) is 0. The first-order valence-electron chi connectivity index (χ1n) is 0. The van der Waals surface area contributed by atoms with Crippen LogP contribution in [0, 0.1) is 0 Å². The van der Waals surface area contributed by atoms with Gasteiger partial charge in [-0.3, -0.25) is 0 Å². The summed E-state index contributed by atoms with van der Waals surface area (Å²) in [6, 6.07) is 0. The molecule has 0 bridgehead atoms. The van der Waals surface area contributed by atoms with Crippen LogP contribution in [-0.4, -0.2) is 96.9 Å². The Labute approximate surface area is 161 Å². The van der Waals surface area contributed by atoms with Crippen molar-refractivity contribution in [2.45, 2.75) is 0 Å². The van der Waals surface area contributed by atoms with Gasteiger partial charge in [0.1, 0.15) is 0 Å². The summed E-state index contributed by atoms with van der Waals surface area (Å²) in [4.78, 5) is 0. The second kappa shape index (κ2) is 42.8. The molecule has 7 heteroatoms. The molecule has 2 radical (unpaired) electrons. The monoisotopic (exact) mass is 376 g/mol. The van der Waals surface area contributed by atoms with Crippen LogP contribution in [0.15, 0.2) is 0 Å². The molecule has 0 heterocycles. The molecular weight excluding hydrogens is 367 g/mol. The van der Waals surface area contributed by atoms with Gasteiger partial charge in [-0.2, -0.15) is 0 Å². The second-order valence-electron chi connectivity index (χ2n) is 0. The Hall–Kier alpha value is 5.27. The Morgan fingerprint density at radius 1 is 1.00 bits per heavy atom. The molecule has 0 aromatic rings. The normalized spacial score (nSPS) is 0. The van der Waals surface area contributed by atoms with Crippen molar-refractivity contribution in [2.24, 2.45) is 0 Å². The average molecular weight is 378 g/mol. The van der Waals surface area contributed by atoms with Gasteiger partial charge in [0, 0.05) is 69.1 Å². The molecule has 0 unspecified atom stereocenters. The second-order valence-corrected chi connectivity index (χ2v) is 0. The minimum Gasteiger partial charge on any atom is 0 e. The van der Waals surface area contributed by atoms with Crippen molar-refractivity contribution >= 4 is 96.9 Å². The van der Waals surface area contributed by atoms with Gasteiger partial charge in [-0.1, -0.05) is 0 Å². The van der Waals surface area contributed by atoms with Crippen molar-refractivity contribution in [3.63, 3.8) is 0 Å². The molecule has 0 aromatic heterocycles. The van der Waals surface area contributed by atoms with E-state index in [1.54, 1.807) is 0 Å². The Kier molecular flexibility index (Phi) is 343. The summed E-state index contributed by atoms with van der Waals surface area (Å²) < 4.78 is 0. The van der Waals surface area contributed by atoms with E-state index in [9.17, 15) is 0 Å². The number of hydrogen-bond donors (Lipinski definition) is 0. The Bertz CT molecular complexity index is 19.7. The van der Waals surface area contributed by atoms with E-state index < -0.39 is 0 Å². The third kappa shape index (κ3) is 34.9. The molecule has 0 aliphatic heterocycles. The first kappa shape index (κ1) is 56.1. The van der Waals surface area contributed by atoms with Crippen LogP contribution in [0.5, 0.6) is 0 Å². The molecule has 0 saturated carbocycles. The molecular formula is H11AlCuMgScSiSrZr. The maximum absolute atomic E-state index is 0. The van der Waals surface area contributed by atoms with E-state index in [1.165, 1.54) is 0 Å². The van der Waals surface area contributed by atoms with Crippen LogP contribution < -0.4 is 0 Å². The molecule has 0 spiro atoms. The van der Waals surface area contributed by atoms with Gasteiger partial charge >= 0.3 is 68.5 Å². The van der Waals surface area contributed by atoms with E-state index in [0.717, 1.165) is 0 Å². The van der Waals surface area contributed by atoms with Crippen molar-refractivity contribution < 1.29 is 69.1 Å². The van der Waals surface area contributed by atoms with E-state index in [-0.39, 0.29) is 166 Å². The smallest absolute Gasteiger partial charge is 0 e. The zero-order valence-electron chi connectivity index (χ0n) is 1.38. The summed E-state index contributed by atoms with van der Waals surface area (Å²) >= 11 is 0. The molecule has 0 atom stereocenters. The van der Waals surface area contributed by atoms with Crippen LogP contribution >= 0.6 is 0 Å². The minimum atomic E-state index is 0. The van der Waals surface area contributed by atoms with E-state index in [2.05, 4.69) is 0 Å². The number of rotatable bonds is 0. The van der Waals surface area contributed by atoms with Gasteiger partial charge < -0.3 is 0 Å². The van der Waals surface area contributed by atoms with E-state index >= 15 is 0 Å². The van der Waals surface area contributed by atoms with Crippen LogP contribution in [0.25, 0.3) is 0 Å². The van der Waals surface area contributed by atoms with Crippen LogP contribution in [0.3, 0.4) is 0 Å². The van der Waals surface area contributed by atoms with Gasteiger partial charge in [-0.25, -0.2) is 0 Å². The molecule has 0 fully saturated rings. The van der Waals surface area contributed by atoms with Crippen molar-refractivity contribution in [3.05, 3.63) is 0 Å². The molecule has 0 saturated heterocycles. The van der Waals surface area contributed by atoms with E-state index in [4.69, 9.17) is 0 Å². The SMILES string of the molecule is [AlH3].[Cu].[MgH2].[Sc].[SiH4].[SrH2].[Zr]. The fourth-order valence-electron chi connectivity index (χ4n) is 0. The van der Waals surface area contributed by atoms with Crippen LogP contribution in [-0.2, 0) is 69.1 Å². The topological polar surface area (TPSA) is 0 Å². The first-order valence-corrected chi connectivity index (χ1v) is 0. The van der Waals surface area contributed by atoms with Gasteiger partial charge in [-0.15, -0.1) is 0 Å². The quantitative estimate of drug-likeness (QED) is 0.374. The van der Waals surface area contributed by atoms with E-state index in [0.29, 0.717) is 0 Å². The van der Waals surface area contributed by atoms with Gasteiger partial charge in [0.15, 0.2) is 17.4 Å². The van der Waals surface area contributed by atoms with Gasteiger partial charge in [0.05, 0.1) is 0 Å². The Balaban J connectivity index is 0. The fourth-order valence-corrected chi connectivity index (χ4v) is 0. The minimum absolute atomic E-state index is 0. The van der Waals surface area contributed by atoms with Crippen molar-refractivity contribution in [1.29, 1.82) is 0 Å². The van der Waals surface area contributed by atoms with Gasteiger partial charge in [0.2, 0.25) is 0 Å². The molecule has 0 amide bonds. The Morgan fingerprint density at radius 3 is 1.00 bits per heavy atom. The summed E-state index contributed by atoms with van der Waals surface area (Å²) in [5.41, 5.74) is 0. The van der Waals surface area contributed by atoms with Gasteiger partial charge in [-0.05, 0) is 11.0 Å². The van der Waals surface area contributed by atoms with Crippen LogP contribution in [0.2, 0.25) is 0 Å². The maximum Gasteiger partial charge on any atom is 0 e. The zero-order valence-corrected chi connectivity index (χ0v) is 6.58. The van der Waals surface area contributed by atoms with Gasteiger partial charge in [0.25, 0.3) is 0 Å². The molecule has 0 aromatic carbocycles. The molecule has 40 valence electrons. The number of hydrogen-bond acceptors (Lipinski definition) is 0. The summed E-state index contributed by atoms with van der Waals surface area (Å²) in [5, 5.41) is 0. The predicted molar refractivity (Wildman–Crippen MR) is 38.4 cm³/mol. The molecule has 0 nitrogen and oxygen atoms in total. The van der Waals surface area contributed by atoms with Crippen molar-refractivity contribution in [1.82, 2.24) is 0 Å². The van der Waals surface area contributed by atoms with Crippen LogP contribution in [0.1, 0.15) is 0 Å². The third-order valence-electron chi connectivity index (χ3n) is 0. The molecule has 0 aliphatic carbocycles. The summed E-state index contributed by atoms with van der Waals surface area (Å²) in [6.45, 7) is 0. The van der Waals surface area contributed by atoms with Crippen molar-refractivity contribution in [3.8, 4) is 0 Å². The maximum atomic E-state index is 0. The Morgan fingerprint density at radius 2 is 1.00 bits per heavy atom. The molecule has 7 heavy (non-hydrogen) atoms. The predicted octanol–water partition coefficient (Wildman–Crippen LogP) is -4.48. The molecule has 0 aliphatic rings. The summed E-state index contributed by atoms with van der Waals surface area (Å²) in [6.07, 6.45) is 0. The summed E-state index contributed by atoms with van der Waals surface area (Å²) in [7, 11) is 0.